The number of furan rings is 4. The molecule has 2 aromatic carbocycles. The van der Waals surface area contributed by atoms with Crippen molar-refractivity contribution in [3.05, 3.63) is 99.4 Å². The van der Waals surface area contributed by atoms with Crippen LogP contribution in [0.1, 0.15) is 0 Å². The summed E-state index contributed by atoms with van der Waals surface area (Å²) in [6, 6.07) is 10.6. The Labute approximate surface area is 312 Å². The van der Waals surface area contributed by atoms with E-state index < -0.39 is 0 Å². The molecule has 0 bridgehead atoms. The van der Waals surface area contributed by atoms with Crippen molar-refractivity contribution in [3.8, 4) is 45.0 Å². The van der Waals surface area contributed by atoms with Gasteiger partial charge in [-0.15, -0.1) is 24.5 Å². The molecule has 0 atom stereocenters. The van der Waals surface area contributed by atoms with Gasteiger partial charge in [-0.3, -0.25) is 0 Å². The first-order chi connectivity index (χ1) is 23.4. The van der Waals surface area contributed by atoms with Gasteiger partial charge in [0.2, 0.25) is 0 Å². The van der Waals surface area contributed by atoms with E-state index in [1.807, 2.05) is 74.2 Å². The second-order valence-electron chi connectivity index (χ2n) is 11.6. The molecule has 0 unspecified atom stereocenters. The van der Waals surface area contributed by atoms with Gasteiger partial charge in [-0.2, -0.15) is 0 Å². The Morgan fingerprint density at radius 1 is 0.480 bits per heavy atom. The molecule has 0 saturated carbocycles. The minimum Gasteiger partial charge on any atom is -0.508 e. The van der Waals surface area contributed by atoms with E-state index in [9.17, 15) is 0 Å². The fraction of sp³-hybridized carbons (Fsp3) is 0.111. The van der Waals surface area contributed by atoms with Crippen molar-refractivity contribution in [1.82, 2.24) is 38.2 Å². The number of hydrogen-bond acceptors (Lipinski definition) is 8. The predicted molar refractivity (Wildman–Crippen MR) is 176 cm³/mol. The third kappa shape index (κ3) is 5.68. The van der Waals surface area contributed by atoms with Gasteiger partial charge in [0.1, 0.15) is 0 Å². The Hall–Kier alpha value is -5.18. The van der Waals surface area contributed by atoms with Crippen LogP contribution in [0.2, 0.25) is 0 Å². The molecular formula is C36H24N8O4Pt2. The fourth-order valence-electron chi connectivity index (χ4n) is 5.79. The molecule has 8 heterocycles. The van der Waals surface area contributed by atoms with E-state index >= 15 is 0 Å². The second kappa shape index (κ2) is 12.9. The van der Waals surface area contributed by atoms with Crippen LogP contribution >= 0.6 is 0 Å². The Kier molecular flexibility index (Phi) is 8.62. The Bertz CT molecular complexity index is 2400. The van der Waals surface area contributed by atoms with E-state index in [2.05, 4.69) is 44.7 Å². The number of rotatable bonds is 4. The SMILES string of the molecule is Cn1[c-]nc(-c2coc3cc4occ(-c5cn(C)cn5)c4[c-]c23)c1.Cn1[c-]nc(-c2coc3cc4occ(-c5cn(C)cn5)c4[c-]c23)c1.[Pt+2].[Pt+2]. The first-order valence-electron chi connectivity index (χ1n) is 14.9. The van der Waals surface area contributed by atoms with Gasteiger partial charge in [-0.05, 0) is 37.4 Å². The van der Waals surface area contributed by atoms with E-state index in [1.54, 1.807) is 46.8 Å². The van der Waals surface area contributed by atoms with Crippen LogP contribution < -0.4 is 0 Å². The topological polar surface area (TPSA) is 124 Å². The zero-order chi connectivity index (χ0) is 32.5. The maximum Gasteiger partial charge on any atom is 2.00 e. The zero-order valence-electron chi connectivity index (χ0n) is 26.8. The number of hydrogen-bond donors (Lipinski definition) is 0. The summed E-state index contributed by atoms with van der Waals surface area (Å²) >= 11 is 0. The van der Waals surface area contributed by atoms with Gasteiger partial charge in [0.25, 0.3) is 0 Å². The van der Waals surface area contributed by atoms with Crippen LogP contribution in [0, 0.1) is 24.8 Å². The average molecular weight is 1020 g/mol. The molecule has 0 aliphatic heterocycles. The van der Waals surface area contributed by atoms with Crippen LogP contribution in [0.3, 0.4) is 0 Å². The smallest absolute Gasteiger partial charge is 0.508 e. The van der Waals surface area contributed by atoms with Crippen LogP contribution in [0.25, 0.3) is 88.9 Å². The summed E-state index contributed by atoms with van der Waals surface area (Å²) in [5.74, 6) is 0. The number of aryl methyl sites for hydroxylation is 4. The number of fused-ring (bicyclic) bond motifs is 4. The summed E-state index contributed by atoms with van der Waals surface area (Å²) in [5.41, 5.74) is 9.76. The first-order valence-corrected chi connectivity index (χ1v) is 14.9. The molecule has 14 heteroatoms. The third-order valence-electron chi connectivity index (χ3n) is 8.10. The number of nitrogens with zero attached hydrogens (tertiary/aromatic N) is 8. The molecular weight excluding hydrogens is 999 g/mol. The monoisotopic (exact) mass is 1020 g/mol. The molecule has 0 fully saturated rings. The molecule has 0 radical (unpaired) electrons. The van der Waals surface area contributed by atoms with E-state index in [4.69, 9.17) is 17.7 Å². The van der Waals surface area contributed by atoms with Crippen LogP contribution in [0.5, 0.6) is 0 Å². The summed E-state index contributed by atoms with van der Waals surface area (Å²) < 4.78 is 30.0. The van der Waals surface area contributed by atoms with Gasteiger partial charge < -0.3 is 45.9 Å². The second-order valence-corrected chi connectivity index (χ2v) is 11.6. The molecule has 0 spiro atoms. The molecule has 0 saturated heterocycles. The van der Waals surface area contributed by atoms with E-state index in [0.717, 1.165) is 77.7 Å². The van der Waals surface area contributed by atoms with Crippen LogP contribution in [0.4, 0.5) is 0 Å². The molecule has 0 amide bonds. The van der Waals surface area contributed by atoms with Crippen molar-refractivity contribution in [1.29, 1.82) is 0 Å². The van der Waals surface area contributed by atoms with Crippen LogP contribution in [-0.2, 0) is 70.3 Å². The molecule has 0 N–H and O–H groups in total. The summed E-state index contributed by atoms with van der Waals surface area (Å²) in [7, 11) is 7.64. The summed E-state index contributed by atoms with van der Waals surface area (Å²) in [5, 5.41) is 3.49. The molecule has 10 rings (SSSR count). The number of aromatic nitrogens is 8. The normalized spacial score (nSPS) is 11.3. The Balaban J connectivity index is 0.000000151. The van der Waals surface area contributed by atoms with Gasteiger partial charge >= 0.3 is 42.1 Å². The largest absolute Gasteiger partial charge is 2.00 e. The van der Waals surface area contributed by atoms with E-state index in [0.29, 0.717) is 11.2 Å². The quantitative estimate of drug-likeness (QED) is 0.171. The Morgan fingerprint density at radius 3 is 1.10 bits per heavy atom. The van der Waals surface area contributed by atoms with Gasteiger partial charge in [0, 0.05) is 51.7 Å². The standard InChI is InChI=1S/2C18H12N4O2.2Pt/c2*1-21-5-15(19-9-21)13-7-23-17-4-18-12(3-11(13)17)14(8-24-18)16-6-22(2)10-20-16;;/h2*4-9H,1-2H3;;/q2*-2;2*+2. The van der Waals surface area contributed by atoms with Crippen molar-refractivity contribution >= 4 is 43.9 Å². The van der Waals surface area contributed by atoms with Crippen molar-refractivity contribution in [2.24, 2.45) is 28.2 Å². The Morgan fingerprint density at radius 2 is 0.820 bits per heavy atom. The number of imidazole rings is 4. The van der Waals surface area contributed by atoms with Gasteiger partial charge in [0.05, 0.1) is 58.9 Å². The van der Waals surface area contributed by atoms with Crippen molar-refractivity contribution in [2.45, 2.75) is 0 Å². The van der Waals surface area contributed by atoms with E-state index in [-0.39, 0.29) is 42.1 Å². The maximum atomic E-state index is 5.67. The van der Waals surface area contributed by atoms with E-state index in [1.165, 1.54) is 0 Å². The average Bonchev–Trinajstić information content (AvgIpc) is 3.90. The van der Waals surface area contributed by atoms with Crippen LogP contribution in [0.15, 0.2) is 92.3 Å². The van der Waals surface area contributed by atoms with Crippen molar-refractivity contribution in [2.75, 3.05) is 0 Å². The molecule has 12 nitrogen and oxygen atoms in total. The zero-order valence-corrected chi connectivity index (χ0v) is 31.3. The van der Waals surface area contributed by atoms with Gasteiger partial charge in [-0.1, -0.05) is 44.1 Å². The summed E-state index contributed by atoms with van der Waals surface area (Å²) in [6.45, 7) is 0. The molecule has 0 aliphatic carbocycles. The third-order valence-corrected chi connectivity index (χ3v) is 8.10. The fourth-order valence-corrected chi connectivity index (χ4v) is 5.79. The molecule has 8 aromatic heterocycles. The molecule has 252 valence electrons. The maximum absolute atomic E-state index is 5.67. The summed E-state index contributed by atoms with van der Waals surface area (Å²) in [6.07, 6.45) is 23.8. The molecule has 50 heavy (non-hydrogen) atoms. The minimum absolute atomic E-state index is 0. The minimum atomic E-state index is 0. The van der Waals surface area contributed by atoms with Crippen LogP contribution in [-0.4, -0.2) is 38.2 Å². The molecule has 0 aliphatic rings. The predicted octanol–water partition coefficient (Wildman–Crippen LogP) is 7.16. The first kappa shape index (κ1) is 33.3. The van der Waals surface area contributed by atoms with Crippen molar-refractivity contribution in [3.63, 3.8) is 0 Å². The van der Waals surface area contributed by atoms with Crippen molar-refractivity contribution < 1.29 is 59.8 Å². The van der Waals surface area contributed by atoms with Gasteiger partial charge in [0.15, 0.2) is 0 Å². The summed E-state index contributed by atoms with van der Waals surface area (Å²) in [4.78, 5) is 17.4. The van der Waals surface area contributed by atoms with Gasteiger partial charge in [-0.25, -0.2) is 9.97 Å². The molecule has 10 aromatic rings. The number of benzene rings is 2.